The molecule has 0 radical (unpaired) electrons. The highest BCUT2D eigenvalue weighted by atomic mass is 16.7. The number of hydrogen-bond donors (Lipinski definition) is 0. The molecule has 0 N–H and O–H groups in total. The molecule has 0 aliphatic heterocycles. The molecule has 2 atom stereocenters. The average molecular weight is 605 g/mol. The molecule has 45 heavy (non-hydrogen) atoms. The molecule has 0 saturated carbocycles. The number of carbonyl (C=O) groups is 1. The molecule has 3 nitrogen and oxygen atoms in total. The number of ether oxygens (including phenoxy) is 2. The normalized spacial score (nSPS) is 14.8. The molecule has 4 aromatic carbocycles. The first-order valence-electron chi connectivity index (χ1n) is 16.4. The van der Waals surface area contributed by atoms with Crippen LogP contribution in [0.4, 0.5) is 0 Å². The van der Waals surface area contributed by atoms with Crippen LogP contribution in [0, 0.1) is 11.8 Å². The maximum Gasteiger partial charge on any atom is 0.261 e. The molecule has 0 aliphatic rings. The first-order chi connectivity index (χ1) is 21.3. The second-order valence-electron chi connectivity index (χ2n) is 14.8. The number of rotatable bonds is 13. The minimum Gasteiger partial charge on any atom is -0.339 e. The Labute approximate surface area is 272 Å². The largest absolute Gasteiger partial charge is 0.339 e. The van der Waals surface area contributed by atoms with E-state index < -0.39 is 5.79 Å². The zero-order valence-corrected chi connectivity index (χ0v) is 28.6. The van der Waals surface area contributed by atoms with Crippen molar-refractivity contribution in [1.82, 2.24) is 0 Å². The molecule has 0 fully saturated rings. The predicted molar refractivity (Wildman–Crippen MR) is 187 cm³/mol. The van der Waals surface area contributed by atoms with Crippen LogP contribution in [-0.2, 0) is 38.9 Å². The predicted octanol–water partition coefficient (Wildman–Crippen LogP) is 10.1. The molecule has 0 saturated heterocycles. The van der Waals surface area contributed by atoms with E-state index in [0.717, 1.165) is 12.8 Å². The van der Waals surface area contributed by atoms with Gasteiger partial charge < -0.3 is 9.47 Å². The van der Waals surface area contributed by atoms with Gasteiger partial charge in [-0.05, 0) is 57.8 Å². The Morgan fingerprint density at radius 2 is 0.911 bits per heavy atom. The van der Waals surface area contributed by atoms with Gasteiger partial charge in [0.25, 0.3) is 5.79 Å². The van der Waals surface area contributed by atoms with E-state index in [9.17, 15) is 4.79 Å². The van der Waals surface area contributed by atoms with E-state index in [2.05, 4.69) is 104 Å². The van der Waals surface area contributed by atoms with Crippen molar-refractivity contribution < 1.29 is 14.3 Å². The van der Waals surface area contributed by atoms with E-state index in [1.807, 2.05) is 60.7 Å². The Hall–Kier alpha value is -3.53. The maximum atomic E-state index is 14.4. The van der Waals surface area contributed by atoms with Gasteiger partial charge in [0, 0.05) is 11.1 Å². The van der Waals surface area contributed by atoms with Crippen LogP contribution in [0.1, 0.15) is 93.6 Å². The summed E-state index contributed by atoms with van der Waals surface area (Å²) in [5.41, 5.74) is 6.66. The van der Waals surface area contributed by atoms with Gasteiger partial charge in [-0.25, -0.2) is 0 Å². The highest BCUT2D eigenvalue weighted by Gasteiger charge is 2.44. The average Bonchev–Trinajstić information content (AvgIpc) is 3.01. The SMILES string of the molecule is CC(COC(OCC(C)Cc1ccc(C(C)(C)C)cc1)(C(=O)c1ccccc1)c1ccccc1)Cc1ccc(C(C)(C)C)cc1. The Balaban J connectivity index is 1.57. The first kappa shape index (κ1) is 34.3. The molecule has 4 aromatic rings. The minimum absolute atomic E-state index is 0.116. The maximum absolute atomic E-state index is 14.4. The lowest BCUT2D eigenvalue weighted by Crippen LogP contribution is -2.44. The third kappa shape index (κ3) is 9.25. The van der Waals surface area contributed by atoms with Gasteiger partial charge in [0.15, 0.2) is 0 Å². The number of carbonyl (C=O) groups excluding carboxylic acids is 1. The highest BCUT2D eigenvalue weighted by molar-refractivity contribution is 6.02. The van der Waals surface area contributed by atoms with Crippen molar-refractivity contribution in [2.45, 2.75) is 84.8 Å². The summed E-state index contributed by atoms with van der Waals surface area (Å²) < 4.78 is 13.5. The number of Topliss-reactive ketones (excluding diaryl/α,β-unsaturated/α-hetero) is 1. The Morgan fingerprint density at radius 3 is 1.29 bits per heavy atom. The summed E-state index contributed by atoms with van der Waals surface area (Å²) in [5.74, 6) is -1.41. The fourth-order valence-electron chi connectivity index (χ4n) is 5.63. The van der Waals surface area contributed by atoms with Crippen LogP contribution >= 0.6 is 0 Å². The van der Waals surface area contributed by atoms with Gasteiger partial charge in [-0.1, -0.05) is 165 Å². The molecule has 0 amide bonds. The summed E-state index contributed by atoms with van der Waals surface area (Å²) in [4.78, 5) is 14.4. The van der Waals surface area contributed by atoms with Gasteiger partial charge in [-0.2, -0.15) is 0 Å². The van der Waals surface area contributed by atoms with Gasteiger partial charge in [-0.15, -0.1) is 0 Å². The zero-order valence-electron chi connectivity index (χ0n) is 28.6. The first-order valence-corrected chi connectivity index (χ1v) is 16.4. The molecule has 0 heterocycles. The van der Waals surface area contributed by atoms with E-state index in [-0.39, 0.29) is 28.4 Å². The Morgan fingerprint density at radius 1 is 0.533 bits per heavy atom. The van der Waals surface area contributed by atoms with Crippen molar-refractivity contribution in [2.24, 2.45) is 11.8 Å². The second-order valence-corrected chi connectivity index (χ2v) is 14.8. The summed E-state index contributed by atoms with van der Waals surface area (Å²) in [5, 5.41) is 0. The van der Waals surface area contributed by atoms with E-state index in [1.165, 1.54) is 22.3 Å². The van der Waals surface area contributed by atoms with Crippen LogP contribution in [0.5, 0.6) is 0 Å². The smallest absolute Gasteiger partial charge is 0.261 e. The molecule has 0 spiro atoms. The summed E-state index contributed by atoms with van der Waals surface area (Å²) in [6.45, 7) is 18.5. The lowest BCUT2D eigenvalue weighted by molar-refractivity contribution is -0.220. The van der Waals surface area contributed by atoms with Gasteiger partial charge in [-0.3, -0.25) is 4.79 Å². The van der Waals surface area contributed by atoms with Crippen LogP contribution < -0.4 is 0 Å². The summed E-state index contributed by atoms with van der Waals surface area (Å²) in [7, 11) is 0. The second kappa shape index (κ2) is 14.7. The number of hydrogen-bond acceptors (Lipinski definition) is 3. The van der Waals surface area contributed by atoms with E-state index in [0.29, 0.717) is 24.3 Å². The van der Waals surface area contributed by atoms with Crippen LogP contribution in [0.15, 0.2) is 109 Å². The lowest BCUT2D eigenvalue weighted by atomic mass is 9.86. The molecule has 0 bridgehead atoms. The van der Waals surface area contributed by atoms with Gasteiger partial charge >= 0.3 is 0 Å². The van der Waals surface area contributed by atoms with Gasteiger partial charge in [0.1, 0.15) is 0 Å². The van der Waals surface area contributed by atoms with E-state index in [1.54, 1.807) is 0 Å². The third-order valence-corrected chi connectivity index (χ3v) is 8.44. The van der Waals surface area contributed by atoms with E-state index in [4.69, 9.17) is 9.47 Å². The molecule has 2 unspecified atom stereocenters. The monoisotopic (exact) mass is 604 g/mol. The minimum atomic E-state index is -1.56. The summed E-state index contributed by atoms with van der Waals surface area (Å²) in [6.07, 6.45) is 1.69. The zero-order chi connectivity index (χ0) is 32.7. The molecule has 0 aliphatic carbocycles. The number of benzene rings is 4. The van der Waals surface area contributed by atoms with E-state index >= 15 is 0 Å². The molecular weight excluding hydrogens is 552 g/mol. The van der Waals surface area contributed by atoms with Gasteiger partial charge in [0.05, 0.1) is 13.2 Å². The quantitative estimate of drug-likeness (QED) is 0.113. The lowest BCUT2D eigenvalue weighted by Gasteiger charge is -2.35. The Bertz CT molecular complexity index is 1410. The fraction of sp³-hybridized carbons (Fsp3) is 0.405. The third-order valence-electron chi connectivity index (χ3n) is 8.44. The highest BCUT2D eigenvalue weighted by Crippen LogP contribution is 2.34. The van der Waals surface area contributed by atoms with Gasteiger partial charge in [0.2, 0.25) is 5.78 Å². The van der Waals surface area contributed by atoms with Crippen molar-refractivity contribution in [1.29, 1.82) is 0 Å². The molecular formula is C42H52O3. The molecule has 3 heteroatoms. The van der Waals surface area contributed by atoms with Crippen molar-refractivity contribution in [3.8, 4) is 0 Å². The summed E-state index contributed by atoms with van der Waals surface area (Å²) >= 11 is 0. The van der Waals surface area contributed by atoms with Crippen LogP contribution in [0.2, 0.25) is 0 Å². The van der Waals surface area contributed by atoms with Crippen molar-refractivity contribution in [3.05, 3.63) is 143 Å². The molecule has 4 rings (SSSR count). The Kier molecular flexibility index (Phi) is 11.2. The number of ketones is 1. The van der Waals surface area contributed by atoms with Crippen molar-refractivity contribution >= 4 is 5.78 Å². The van der Waals surface area contributed by atoms with Crippen LogP contribution in [-0.4, -0.2) is 19.0 Å². The van der Waals surface area contributed by atoms with Crippen molar-refractivity contribution in [3.63, 3.8) is 0 Å². The molecule has 238 valence electrons. The fourth-order valence-corrected chi connectivity index (χ4v) is 5.63. The summed E-state index contributed by atoms with van der Waals surface area (Å²) in [6, 6.07) is 36.8. The van der Waals surface area contributed by atoms with Crippen molar-refractivity contribution in [2.75, 3.05) is 13.2 Å². The van der Waals surface area contributed by atoms with Crippen LogP contribution in [0.3, 0.4) is 0 Å². The van der Waals surface area contributed by atoms with Crippen LogP contribution in [0.25, 0.3) is 0 Å². The molecule has 0 aromatic heterocycles. The standard InChI is InChI=1S/C42H52O3/c1-31(27-33-19-23-36(24-20-33)40(3,4)5)29-44-42(38-17-13-10-14-18-38,39(43)35-15-11-9-12-16-35)45-30-32(2)28-34-21-25-37(26-22-34)41(6,7)8/h9-26,31-32H,27-30H2,1-8H3. The topological polar surface area (TPSA) is 35.5 Å².